The van der Waals surface area contributed by atoms with Crippen LogP contribution < -0.4 is 0 Å². The van der Waals surface area contributed by atoms with Crippen molar-refractivity contribution >= 4 is 15.9 Å². The van der Waals surface area contributed by atoms with Gasteiger partial charge < -0.3 is 5.11 Å². The molecule has 0 amide bonds. The van der Waals surface area contributed by atoms with Crippen LogP contribution in [0.5, 0.6) is 5.75 Å². The van der Waals surface area contributed by atoms with E-state index in [9.17, 15) is 9.50 Å². The summed E-state index contributed by atoms with van der Waals surface area (Å²) >= 11 is 3.13. The molecule has 0 atom stereocenters. The number of phenolic OH excluding ortho intramolecular Hbond substituents is 1. The van der Waals surface area contributed by atoms with Crippen molar-refractivity contribution in [3.8, 4) is 5.75 Å². The number of halogens is 2. The van der Waals surface area contributed by atoms with Crippen molar-refractivity contribution in [3.63, 3.8) is 0 Å². The van der Waals surface area contributed by atoms with Crippen molar-refractivity contribution in [2.75, 3.05) is 0 Å². The summed E-state index contributed by atoms with van der Waals surface area (Å²) < 4.78 is 13.6. The van der Waals surface area contributed by atoms with Crippen molar-refractivity contribution < 1.29 is 9.50 Å². The first kappa shape index (κ1) is 11.5. The molecule has 0 saturated heterocycles. The summed E-state index contributed by atoms with van der Waals surface area (Å²) in [5.74, 6) is -0.892. The maximum absolute atomic E-state index is 13.2. The van der Waals surface area contributed by atoms with E-state index in [1.165, 1.54) is 6.07 Å². The topological polar surface area (TPSA) is 20.2 Å². The summed E-state index contributed by atoms with van der Waals surface area (Å²) in [4.78, 5) is 0. The summed E-state index contributed by atoms with van der Waals surface area (Å²) in [5.41, 5.74) is 0.819. The minimum absolute atomic E-state index is 0.0724. The molecule has 0 unspecified atom stereocenters. The zero-order valence-corrected chi connectivity index (χ0v) is 10.2. The standard InChI is InChI=1S/C11H14BrFO/c1-4-11(2,3)7-5-8(12)10(14)9(13)6-7/h5-6,14H,4H2,1-3H3. The fourth-order valence-corrected chi connectivity index (χ4v) is 1.60. The van der Waals surface area contributed by atoms with Gasteiger partial charge in [0.1, 0.15) is 0 Å². The molecule has 0 saturated carbocycles. The van der Waals surface area contributed by atoms with E-state index in [-0.39, 0.29) is 11.2 Å². The van der Waals surface area contributed by atoms with Gasteiger partial charge in [-0.15, -0.1) is 0 Å². The van der Waals surface area contributed by atoms with E-state index in [4.69, 9.17) is 0 Å². The highest BCUT2D eigenvalue weighted by Gasteiger charge is 2.20. The summed E-state index contributed by atoms with van der Waals surface area (Å²) in [5, 5.41) is 9.25. The van der Waals surface area contributed by atoms with Gasteiger partial charge in [-0.3, -0.25) is 0 Å². The van der Waals surface area contributed by atoms with E-state index >= 15 is 0 Å². The molecule has 0 aliphatic carbocycles. The third-order valence-electron chi connectivity index (χ3n) is 2.68. The average molecular weight is 261 g/mol. The average Bonchev–Trinajstić information content (AvgIpc) is 2.13. The van der Waals surface area contributed by atoms with Gasteiger partial charge in [-0.25, -0.2) is 4.39 Å². The van der Waals surface area contributed by atoms with E-state index in [2.05, 4.69) is 22.9 Å². The smallest absolute Gasteiger partial charge is 0.166 e. The van der Waals surface area contributed by atoms with E-state index < -0.39 is 5.82 Å². The van der Waals surface area contributed by atoms with Gasteiger partial charge in [0.15, 0.2) is 11.6 Å². The zero-order valence-electron chi connectivity index (χ0n) is 8.56. The molecule has 1 rings (SSSR count). The second-order valence-electron chi connectivity index (χ2n) is 4.03. The molecule has 0 heterocycles. The number of hydrogen-bond donors (Lipinski definition) is 1. The molecule has 0 aromatic heterocycles. The summed E-state index contributed by atoms with van der Waals surface area (Å²) in [6.45, 7) is 6.15. The lowest BCUT2D eigenvalue weighted by molar-refractivity contribution is 0.424. The van der Waals surface area contributed by atoms with Gasteiger partial charge in [0.2, 0.25) is 0 Å². The van der Waals surface area contributed by atoms with Crippen LogP contribution in [0.3, 0.4) is 0 Å². The molecule has 0 aliphatic rings. The van der Waals surface area contributed by atoms with Crippen LogP contribution in [0.1, 0.15) is 32.8 Å². The third kappa shape index (κ3) is 2.08. The molecule has 0 fully saturated rings. The van der Waals surface area contributed by atoms with Crippen molar-refractivity contribution in [2.45, 2.75) is 32.6 Å². The molecule has 1 N–H and O–H groups in total. The largest absolute Gasteiger partial charge is 0.504 e. The van der Waals surface area contributed by atoms with E-state index in [0.717, 1.165) is 12.0 Å². The van der Waals surface area contributed by atoms with Crippen LogP contribution in [0.2, 0.25) is 0 Å². The number of benzene rings is 1. The minimum Gasteiger partial charge on any atom is -0.504 e. The molecule has 3 heteroatoms. The monoisotopic (exact) mass is 260 g/mol. The molecular formula is C11H14BrFO. The molecule has 0 aliphatic heterocycles. The molecule has 78 valence electrons. The summed E-state index contributed by atoms with van der Waals surface area (Å²) in [6, 6.07) is 3.16. The molecule has 1 aromatic carbocycles. The predicted molar refractivity (Wildman–Crippen MR) is 59.1 cm³/mol. The van der Waals surface area contributed by atoms with E-state index in [1.807, 2.05) is 13.8 Å². The van der Waals surface area contributed by atoms with Gasteiger partial charge in [0.25, 0.3) is 0 Å². The van der Waals surface area contributed by atoms with Gasteiger partial charge in [-0.2, -0.15) is 0 Å². The Morgan fingerprint density at radius 1 is 1.43 bits per heavy atom. The van der Waals surface area contributed by atoms with Crippen LogP contribution >= 0.6 is 15.9 Å². The van der Waals surface area contributed by atoms with Crippen LogP contribution in [-0.2, 0) is 5.41 Å². The Morgan fingerprint density at radius 2 is 2.00 bits per heavy atom. The highest BCUT2D eigenvalue weighted by atomic mass is 79.9. The lowest BCUT2D eigenvalue weighted by Gasteiger charge is -2.23. The van der Waals surface area contributed by atoms with E-state index in [0.29, 0.717) is 4.47 Å². The lowest BCUT2D eigenvalue weighted by atomic mass is 9.82. The van der Waals surface area contributed by atoms with Gasteiger partial charge in [0, 0.05) is 0 Å². The van der Waals surface area contributed by atoms with Gasteiger partial charge in [-0.1, -0.05) is 20.8 Å². The van der Waals surface area contributed by atoms with Crippen LogP contribution in [-0.4, -0.2) is 5.11 Å². The molecular weight excluding hydrogens is 247 g/mol. The van der Waals surface area contributed by atoms with Crippen LogP contribution in [0, 0.1) is 5.82 Å². The highest BCUT2D eigenvalue weighted by molar-refractivity contribution is 9.10. The maximum Gasteiger partial charge on any atom is 0.166 e. The van der Waals surface area contributed by atoms with Crippen molar-refractivity contribution in [1.29, 1.82) is 0 Å². The van der Waals surface area contributed by atoms with Crippen molar-refractivity contribution in [2.24, 2.45) is 0 Å². The second-order valence-corrected chi connectivity index (χ2v) is 4.88. The van der Waals surface area contributed by atoms with Crippen molar-refractivity contribution in [3.05, 3.63) is 28.0 Å². The Labute approximate surface area is 92.1 Å². The first-order valence-corrected chi connectivity index (χ1v) is 5.36. The number of rotatable bonds is 2. The minimum atomic E-state index is -0.573. The lowest BCUT2D eigenvalue weighted by Crippen LogP contribution is -2.15. The fraction of sp³-hybridized carbons (Fsp3) is 0.455. The molecule has 0 spiro atoms. The Hall–Kier alpha value is -0.570. The zero-order chi connectivity index (χ0) is 10.9. The second kappa shape index (κ2) is 3.89. The first-order chi connectivity index (χ1) is 6.38. The fourth-order valence-electron chi connectivity index (χ4n) is 1.16. The van der Waals surface area contributed by atoms with Crippen molar-refractivity contribution in [1.82, 2.24) is 0 Å². The quantitative estimate of drug-likeness (QED) is 0.853. The summed E-state index contributed by atoms with van der Waals surface area (Å²) in [6.07, 6.45) is 0.920. The Kier molecular flexibility index (Phi) is 3.20. The Bertz CT molecular complexity index is 324. The Balaban J connectivity index is 3.26. The van der Waals surface area contributed by atoms with E-state index in [1.54, 1.807) is 6.07 Å². The first-order valence-electron chi connectivity index (χ1n) is 4.57. The van der Waals surface area contributed by atoms with Crippen LogP contribution in [0.25, 0.3) is 0 Å². The SMILES string of the molecule is CCC(C)(C)c1cc(F)c(O)c(Br)c1. The number of hydrogen-bond acceptors (Lipinski definition) is 1. The van der Waals surface area contributed by atoms with Gasteiger partial charge >= 0.3 is 0 Å². The summed E-state index contributed by atoms with van der Waals surface area (Å²) in [7, 11) is 0. The van der Waals surface area contributed by atoms with Gasteiger partial charge in [0.05, 0.1) is 4.47 Å². The van der Waals surface area contributed by atoms with Crippen LogP contribution in [0.15, 0.2) is 16.6 Å². The maximum atomic E-state index is 13.2. The predicted octanol–water partition coefficient (Wildman–Crippen LogP) is 3.98. The molecule has 14 heavy (non-hydrogen) atoms. The normalized spacial score (nSPS) is 11.8. The third-order valence-corrected chi connectivity index (χ3v) is 3.29. The molecule has 1 aromatic rings. The van der Waals surface area contributed by atoms with Crippen LogP contribution in [0.4, 0.5) is 4.39 Å². The Morgan fingerprint density at radius 3 is 2.43 bits per heavy atom. The number of aromatic hydroxyl groups is 1. The molecule has 0 radical (unpaired) electrons. The van der Waals surface area contributed by atoms with Gasteiger partial charge in [-0.05, 0) is 45.5 Å². The number of phenols is 1. The highest BCUT2D eigenvalue weighted by Crippen LogP contribution is 2.34. The molecule has 1 nitrogen and oxygen atoms in total. The molecule has 0 bridgehead atoms.